The molecule has 2 aromatic carbocycles. The van der Waals surface area contributed by atoms with Crippen molar-refractivity contribution in [3.05, 3.63) is 68.7 Å². The Hall–Kier alpha value is -1.26. The molecule has 0 radical (unpaired) electrons. The molecule has 2 rings (SSSR count). The van der Waals surface area contributed by atoms with Gasteiger partial charge < -0.3 is 5.73 Å². The van der Waals surface area contributed by atoms with Gasteiger partial charge >= 0.3 is 0 Å². The molecule has 1 nitrogen and oxygen atoms in total. The highest BCUT2D eigenvalue weighted by Crippen LogP contribution is 2.27. The largest absolute Gasteiger partial charge is 0.324 e. The van der Waals surface area contributed by atoms with Crippen molar-refractivity contribution in [2.24, 2.45) is 5.73 Å². The van der Waals surface area contributed by atoms with E-state index < -0.39 is 17.7 Å². The third kappa shape index (κ3) is 3.07. The molecule has 0 heterocycles. The van der Waals surface area contributed by atoms with Gasteiger partial charge in [-0.1, -0.05) is 28.1 Å². The quantitative estimate of drug-likeness (QED) is 0.869. The Morgan fingerprint density at radius 2 is 1.70 bits per heavy atom. The molecule has 0 amide bonds. The lowest BCUT2D eigenvalue weighted by Gasteiger charge is -2.17. The Bertz CT molecular complexity index is 620. The minimum Gasteiger partial charge on any atom is -0.324 e. The molecule has 0 saturated heterocycles. The molecular formula is C16H16BrF2N. The average molecular weight is 340 g/mol. The summed E-state index contributed by atoms with van der Waals surface area (Å²) < 4.78 is 28.3. The number of nitrogens with two attached hydrogens (primary N) is 1. The van der Waals surface area contributed by atoms with Gasteiger partial charge in [0.1, 0.15) is 11.6 Å². The SMILES string of the molecule is Cc1cc(C(N)Cc2c(F)cccc2F)c(C)cc1Br. The van der Waals surface area contributed by atoms with Gasteiger partial charge in [-0.15, -0.1) is 0 Å². The summed E-state index contributed by atoms with van der Waals surface area (Å²) in [4.78, 5) is 0. The van der Waals surface area contributed by atoms with Gasteiger partial charge in [0.25, 0.3) is 0 Å². The first kappa shape index (κ1) is 15.1. The van der Waals surface area contributed by atoms with Crippen LogP contribution in [-0.2, 0) is 6.42 Å². The summed E-state index contributed by atoms with van der Waals surface area (Å²) in [5, 5.41) is 0. The molecule has 2 N–H and O–H groups in total. The predicted molar refractivity (Wildman–Crippen MR) is 80.6 cm³/mol. The summed E-state index contributed by atoms with van der Waals surface area (Å²) in [6.07, 6.45) is 0.139. The summed E-state index contributed by atoms with van der Waals surface area (Å²) in [5.41, 5.74) is 9.15. The molecule has 0 aliphatic heterocycles. The van der Waals surface area contributed by atoms with Crippen LogP contribution in [0.15, 0.2) is 34.8 Å². The van der Waals surface area contributed by atoms with E-state index in [1.54, 1.807) is 0 Å². The van der Waals surface area contributed by atoms with Gasteiger partial charge in [0.05, 0.1) is 0 Å². The zero-order valence-corrected chi connectivity index (χ0v) is 13.0. The first-order valence-electron chi connectivity index (χ1n) is 6.35. The van der Waals surface area contributed by atoms with Crippen molar-refractivity contribution in [2.45, 2.75) is 26.3 Å². The van der Waals surface area contributed by atoms with E-state index in [9.17, 15) is 8.78 Å². The second-order valence-corrected chi connectivity index (χ2v) is 5.82. The predicted octanol–water partition coefficient (Wildman–Crippen LogP) is 4.59. The molecule has 2 aromatic rings. The molecule has 0 saturated carbocycles. The fourth-order valence-corrected chi connectivity index (χ4v) is 2.72. The Morgan fingerprint density at radius 3 is 2.30 bits per heavy atom. The summed E-state index contributed by atoms with van der Waals surface area (Å²) in [6, 6.07) is 7.36. The summed E-state index contributed by atoms with van der Waals surface area (Å²) >= 11 is 3.46. The van der Waals surface area contributed by atoms with Gasteiger partial charge in [-0.3, -0.25) is 0 Å². The highest BCUT2D eigenvalue weighted by atomic mass is 79.9. The Kier molecular flexibility index (Phi) is 4.55. The van der Waals surface area contributed by atoms with Crippen LogP contribution in [0.1, 0.15) is 28.3 Å². The van der Waals surface area contributed by atoms with Crippen LogP contribution in [0.2, 0.25) is 0 Å². The molecule has 20 heavy (non-hydrogen) atoms. The van der Waals surface area contributed by atoms with Crippen LogP contribution >= 0.6 is 15.9 Å². The van der Waals surface area contributed by atoms with Gasteiger partial charge in [-0.25, -0.2) is 8.78 Å². The van der Waals surface area contributed by atoms with Gasteiger partial charge in [0.2, 0.25) is 0 Å². The number of benzene rings is 2. The van der Waals surface area contributed by atoms with Crippen molar-refractivity contribution in [1.29, 1.82) is 0 Å². The van der Waals surface area contributed by atoms with Crippen molar-refractivity contribution in [2.75, 3.05) is 0 Å². The highest BCUT2D eigenvalue weighted by molar-refractivity contribution is 9.10. The molecule has 4 heteroatoms. The van der Waals surface area contributed by atoms with Gasteiger partial charge in [-0.2, -0.15) is 0 Å². The maximum absolute atomic E-state index is 13.7. The van der Waals surface area contributed by atoms with Crippen molar-refractivity contribution in [3.8, 4) is 0 Å². The van der Waals surface area contributed by atoms with E-state index in [0.29, 0.717) is 0 Å². The monoisotopic (exact) mass is 339 g/mol. The number of rotatable bonds is 3. The first-order valence-corrected chi connectivity index (χ1v) is 7.14. The van der Waals surface area contributed by atoms with E-state index in [1.165, 1.54) is 18.2 Å². The molecule has 0 fully saturated rings. The first-order chi connectivity index (χ1) is 9.40. The van der Waals surface area contributed by atoms with Gasteiger partial charge in [0, 0.05) is 16.1 Å². The van der Waals surface area contributed by atoms with Crippen molar-refractivity contribution < 1.29 is 8.78 Å². The van der Waals surface area contributed by atoms with E-state index >= 15 is 0 Å². The van der Waals surface area contributed by atoms with E-state index in [1.807, 2.05) is 26.0 Å². The second kappa shape index (κ2) is 6.02. The molecular weight excluding hydrogens is 324 g/mol. The fraction of sp³-hybridized carbons (Fsp3) is 0.250. The summed E-state index contributed by atoms with van der Waals surface area (Å²) in [6.45, 7) is 3.90. The number of aryl methyl sites for hydroxylation is 2. The Labute approximate surface area is 125 Å². The Balaban J connectivity index is 2.33. The third-order valence-electron chi connectivity index (χ3n) is 3.43. The zero-order valence-electron chi connectivity index (χ0n) is 11.4. The van der Waals surface area contributed by atoms with Crippen molar-refractivity contribution in [1.82, 2.24) is 0 Å². The lowest BCUT2D eigenvalue weighted by molar-refractivity contribution is 0.539. The van der Waals surface area contributed by atoms with Crippen LogP contribution in [0.5, 0.6) is 0 Å². The van der Waals surface area contributed by atoms with Crippen LogP contribution < -0.4 is 5.73 Å². The van der Waals surface area contributed by atoms with Crippen molar-refractivity contribution in [3.63, 3.8) is 0 Å². The number of hydrogen-bond acceptors (Lipinski definition) is 1. The lowest BCUT2D eigenvalue weighted by Crippen LogP contribution is -2.16. The van der Waals surface area contributed by atoms with Crippen LogP contribution in [-0.4, -0.2) is 0 Å². The molecule has 0 aromatic heterocycles. The van der Waals surface area contributed by atoms with E-state index in [-0.39, 0.29) is 12.0 Å². The smallest absolute Gasteiger partial charge is 0.129 e. The maximum atomic E-state index is 13.7. The maximum Gasteiger partial charge on any atom is 0.129 e. The molecule has 0 aliphatic carbocycles. The summed E-state index contributed by atoms with van der Waals surface area (Å²) in [5.74, 6) is -1.10. The standard InChI is InChI=1S/C16H16BrF2N/c1-9-7-13(17)10(2)6-11(9)16(20)8-12-14(18)4-3-5-15(12)19/h3-7,16H,8,20H2,1-2H3. The topological polar surface area (TPSA) is 26.0 Å². The molecule has 1 unspecified atom stereocenters. The lowest BCUT2D eigenvalue weighted by atomic mass is 9.94. The van der Waals surface area contributed by atoms with Gasteiger partial charge in [-0.05, 0) is 55.2 Å². The molecule has 0 spiro atoms. The minimum atomic E-state index is -0.549. The van der Waals surface area contributed by atoms with E-state index in [4.69, 9.17) is 5.73 Å². The molecule has 1 atom stereocenters. The molecule has 106 valence electrons. The van der Waals surface area contributed by atoms with Gasteiger partial charge in [0.15, 0.2) is 0 Å². The highest BCUT2D eigenvalue weighted by Gasteiger charge is 2.16. The third-order valence-corrected chi connectivity index (χ3v) is 4.29. The average Bonchev–Trinajstić information content (AvgIpc) is 2.38. The van der Waals surface area contributed by atoms with E-state index in [0.717, 1.165) is 21.2 Å². The normalized spacial score (nSPS) is 12.5. The Morgan fingerprint density at radius 1 is 1.10 bits per heavy atom. The minimum absolute atomic E-state index is 0.0416. The number of hydrogen-bond donors (Lipinski definition) is 1. The number of halogens is 3. The summed E-state index contributed by atoms with van der Waals surface area (Å²) in [7, 11) is 0. The molecule has 0 aliphatic rings. The van der Waals surface area contributed by atoms with E-state index in [2.05, 4.69) is 15.9 Å². The molecule has 0 bridgehead atoms. The fourth-order valence-electron chi connectivity index (χ4n) is 2.26. The van der Waals surface area contributed by atoms with Crippen LogP contribution in [0, 0.1) is 25.5 Å². The van der Waals surface area contributed by atoms with Crippen LogP contribution in [0.3, 0.4) is 0 Å². The van der Waals surface area contributed by atoms with Crippen LogP contribution in [0.25, 0.3) is 0 Å². The second-order valence-electron chi connectivity index (χ2n) is 4.97. The zero-order chi connectivity index (χ0) is 14.9. The van der Waals surface area contributed by atoms with Crippen molar-refractivity contribution >= 4 is 15.9 Å². The van der Waals surface area contributed by atoms with Crippen LogP contribution in [0.4, 0.5) is 8.78 Å².